The largest absolute Gasteiger partial charge is 0.507 e. The van der Waals surface area contributed by atoms with Crippen LogP contribution in [0.4, 0.5) is 0 Å². The summed E-state index contributed by atoms with van der Waals surface area (Å²) in [5, 5.41) is 8.42. The lowest BCUT2D eigenvalue weighted by molar-refractivity contribution is -0.124. The van der Waals surface area contributed by atoms with Crippen LogP contribution in [0.5, 0.6) is 5.75 Å². The van der Waals surface area contributed by atoms with Crippen molar-refractivity contribution in [1.29, 1.82) is 0 Å². The molecule has 0 fully saturated rings. The smallest absolute Gasteiger partial charge is 0.295 e. The molecule has 0 radical (unpaired) electrons. The van der Waals surface area contributed by atoms with Gasteiger partial charge in [0.1, 0.15) is 12.3 Å². The molecule has 0 saturated heterocycles. The summed E-state index contributed by atoms with van der Waals surface area (Å²) in [5.41, 5.74) is 1.86. The van der Waals surface area contributed by atoms with Gasteiger partial charge in [-0.15, -0.1) is 4.41 Å². The number of nitrogens with zero attached hydrogens (tertiary/aromatic N) is 2. The summed E-state index contributed by atoms with van der Waals surface area (Å²) in [7, 11) is -4.71. The lowest BCUT2D eigenvalue weighted by atomic mass is 10.1. The van der Waals surface area contributed by atoms with Crippen LogP contribution in [0.25, 0.3) is 0 Å². The topological polar surface area (TPSA) is 141 Å². The van der Waals surface area contributed by atoms with Crippen LogP contribution in [0.15, 0.2) is 18.2 Å². The second-order valence-electron chi connectivity index (χ2n) is 8.17. The van der Waals surface area contributed by atoms with Gasteiger partial charge in [-0.05, 0) is 30.4 Å². The third-order valence-corrected chi connectivity index (χ3v) is 6.10. The summed E-state index contributed by atoms with van der Waals surface area (Å²) in [5.74, 6) is -2.82. The van der Waals surface area contributed by atoms with E-state index in [1.54, 1.807) is 13.8 Å². The monoisotopic (exact) mass is 453 g/mol. The van der Waals surface area contributed by atoms with Crippen LogP contribution >= 0.6 is 0 Å². The number of amides is 3. The molecule has 11 heteroatoms. The van der Waals surface area contributed by atoms with E-state index in [1.807, 2.05) is 13.8 Å². The highest BCUT2D eigenvalue weighted by Crippen LogP contribution is 2.30. The zero-order valence-corrected chi connectivity index (χ0v) is 18.7. The zero-order valence-electron chi connectivity index (χ0n) is 17.9. The third-order valence-electron chi connectivity index (χ3n) is 4.57. The Kier molecular flexibility index (Phi) is 7.55. The highest BCUT2D eigenvalue weighted by atomic mass is 32.2. The molecule has 0 bridgehead atoms. The number of hydrazine groups is 1. The minimum Gasteiger partial charge on any atom is -0.507 e. The van der Waals surface area contributed by atoms with E-state index in [0.29, 0.717) is 15.7 Å². The quantitative estimate of drug-likeness (QED) is 0.424. The molecule has 3 amide bonds. The number of sulfonamides is 1. The molecule has 1 aliphatic rings. The molecule has 0 atom stereocenters. The highest BCUT2D eigenvalue weighted by Gasteiger charge is 2.42. The van der Waals surface area contributed by atoms with Crippen molar-refractivity contribution >= 4 is 32.9 Å². The molecule has 0 aromatic heterocycles. The van der Waals surface area contributed by atoms with E-state index in [1.165, 1.54) is 18.2 Å². The second kappa shape index (κ2) is 9.56. The number of imide groups is 1. The van der Waals surface area contributed by atoms with E-state index in [-0.39, 0.29) is 35.9 Å². The normalized spacial score (nSPS) is 14.0. The molecule has 1 aromatic rings. The van der Waals surface area contributed by atoms with Crippen molar-refractivity contribution in [3.8, 4) is 5.75 Å². The lowest BCUT2D eigenvalue weighted by Crippen LogP contribution is -2.52. The van der Waals surface area contributed by atoms with Crippen LogP contribution in [0, 0.1) is 11.8 Å². The molecule has 1 aromatic carbocycles. The Hall–Kier alpha value is -2.79. The van der Waals surface area contributed by atoms with Crippen molar-refractivity contribution in [2.45, 2.75) is 40.5 Å². The second-order valence-corrected chi connectivity index (χ2v) is 10.0. The maximum absolute atomic E-state index is 12.8. The average Bonchev–Trinajstić information content (AvgIpc) is 2.91. The van der Waals surface area contributed by atoms with Gasteiger partial charge in [0, 0.05) is 13.0 Å². The number of rotatable bonds is 9. The molecular weight excluding hydrogens is 426 g/mol. The molecule has 10 nitrogen and oxygen atoms in total. The van der Waals surface area contributed by atoms with Crippen molar-refractivity contribution in [3.63, 3.8) is 0 Å². The number of phenolic OH excluding ortho intramolecular Hbond substituents is 1. The predicted octanol–water partition coefficient (Wildman–Crippen LogP) is 1.27. The van der Waals surface area contributed by atoms with Crippen LogP contribution < -0.4 is 5.43 Å². The molecule has 31 heavy (non-hydrogen) atoms. The predicted molar refractivity (Wildman–Crippen MR) is 111 cm³/mol. The summed E-state index contributed by atoms with van der Waals surface area (Å²) in [6.45, 7) is 6.05. The fourth-order valence-electron chi connectivity index (χ4n) is 2.94. The Balaban J connectivity index is 2.21. The first-order valence-corrected chi connectivity index (χ1v) is 11.3. The number of carbonyl (C=O) groups excluding carboxylic acids is 4. The van der Waals surface area contributed by atoms with Gasteiger partial charge < -0.3 is 5.11 Å². The van der Waals surface area contributed by atoms with Crippen LogP contribution in [0.3, 0.4) is 0 Å². The Labute approximate surface area is 181 Å². The molecule has 0 unspecified atom stereocenters. The van der Waals surface area contributed by atoms with E-state index >= 15 is 0 Å². The van der Waals surface area contributed by atoms with Crippen LogP contribution in [-0.4, -0.2) is 58.8 Å². The van der Waals surface area contributed by atoms with Crippen molar-refractivity contribution in [2.24, 2.45) is 11.8 Å². The van der Waals surface area contributed by atoms with Crippen LogP contribution in [0.2, 0.25) is 0 Å². The number of hydrogen-bond donors (Lipinski definition) is 2. The fraction of sp³-hybridized carbons (Fsp3) is 0.500. The molecule has 170 valence electrons. The number of nitrogens with one attached hydrogen (secondary N) is 1. The van der Waals surface area contributed by atoms with Gasteiger partial charge in [-0.25, -0.2) is 8.42 Å². The summed E-state index contributed by atoms with van der Waals surface area (Å²) in [4.78, 5) is 50.2. The molecule has 1 heterocycles. The van der Waals surface area contributed by atoms with E-state index in [9.17, 15) is 32.7 Å². The van der Waals surface area contributed by atoms with Crippen molar-refractivity contribution < 1.29 is 32.7 Å². The van der Waals surface area contributed by atoms with E-state index in [2.05, 4.69) is 5.43 Å². The van der Waals surface area contributed by atoms with Crippen LogP contribution in [0.1, 0.15) is 61.3 Å². The van der Waals surface area contributed by atoms with Crippen LogP contribution in [-0.2, 0) is 19.6 Å². The summed E-state index contributed by atoms with van der Waals surface area (Å²) in [6.07, 6.45) is 0.613. The Morgan fingerprint density at radius 3 is 2.29 bits per heavy atom. The number of phenols is 1. The SMILES string of the molecule is CC(C)CCC(=O)NN(CC(C)C)S(=O)(=O)C(=O)CN1C(=O)c2cccc(O)c2C1=O. The molecule has 2 N–H and O–H groups in total. The Morgan fingerprint density at radius 1 is 1.10 bits per heavy atom. The van der Waals surface area contributed by atoms with Gasteiger partial charge >= 0.3 is 0 Å². The molecule has 1 aliphatic heterocycles. The fourth-order valence-corrected chi connectivity index (χ4v) is 4.20. The molecule has 2 rings (SSSR count). The van der Waals surface area contributed by atoms with E-state index in [4.69, 9.17) is 0 Å². The van der Waals surface area contributed by atoms with Gasteiger partial charge in [0.2, 0.25) is 5.91 Å². The Bertz CT molecular complexity index is 1000. The summed E-state index contributed by atoms with van der Waals surface area (Å²) >= 11 is 0. The average molecular weight is 454 g/mol. The third kappa shape index (κ3) is 5.47. The van der Waals surface area contributed by atoms with Gasteiger partial charge in [-0.3, -0.25) is 29.5 Å². The maximum Gasteiger partial charge on any atom is 0.295 e. The molecule has 0 spiro atoms. The van der Waals surface area contributed by atoms with Gasteiger partial charge in [0.15, 0.2) is 0 Å². The minimum atomic E-state index is -4.71. The van der Waals surface area contributed by atoms with E-state index in [0.717, 1.165) is 0 Å². The van der Waals surface area contributed by atoms with Gasteiger partial charge in [-0.2, -0.15) is 0 Å². The first-order chi connectivity index (χ1) is 14.4. The van der Waals surface area contributed by atoms with Gasteiger partial charge in [0.05, 0.1) is 11.1 Å². The zero-order chi connectivity index (χ0) is 23.5. The number of aromatic hydroxyl groups is 1. The first-order valence-electron chi connectivity index (χ1n) is 9.89. The number of fused-ring (bicyclic) bond motifs is 1. The lowest BCUT2D eigenvalue weighted by Gasteiger charge is -2.24. The molecule has 0 aliphatic carbocycles. The van der Waals surface area contributed by atoms with Crippen molar-refractivity contribution in [2.75, 3.05) is 13.1 Å². The van der Waals surface area contributed by atoms with E-state index < -0.39 is 45.2 Å². The molecular formula is C20H27N3O7S. The van der Waals surface area contributed by atoms with Crippen molar-refractivity contribution in [1.82, 2.24) is 14.7 Å². The number of benzene rings is 1. The minimum absolute atomic E-state index is 0.0770. The number of carbonyl (C=O) groups is 4. The Morgan fingerprint density at radius 2 is 1.74 bits per heavy atom. The number of hydrogen-bond acceptors (Lipinski definition) is 7. The first kappa shape index (κ1) is 24.5. The molecule has 0 saturated carbocycles. The van der Waals surface area contributed by atoms with Crippen molar-refractivity contribution in [3.05, 3.63) is 29.3 Å². The standard InChI is InChI=1S/C20H27N3O7S/c1-12(2)8-9-16(25)21-23(10-13(3)4)31(29,30)17(26)11-22-19(27)14-6-5-7-15(24)18(14)20(22)28/h5-7,12-13,24H,8-11H2,1-4H3,(H,21,25). The van der Waals surface area contributed by atoms with Gasteiger partial charge in [0.25, 0.3) is 27.0 Å². The van der Waals surface area contributed by atoms with Gasteiger partial charge in [-0.1, -0.05) is 33.8 Å². The summed E-state index contributed by atoms with van der Waals surface area (Å²) < 4.78 is 26.3. The highest BCUT2D eigenvalue weighted by molar-refractivity contribution is 8.04. The summed E-state index contributed by atoms with van der Waals surface area (Å²) in [6, 6.07) is 3.87. The maximum atomic E-state index is 12.8.